The molecular formula is C16H24N6S. The molecule has 124 valence electrons. The first-order valence-electron chi connectivity index (χ1n) is 8.27. The molecule has 23 heavy (non-hydrogen) atoms. The van der Waals surface area contributed by atoms with Crippen molar-refractivity contribution in [1.82, 2.24) is 25.1 Å². The first kappa shape index (κ1) is 16.3. The van der Waals surface area contributed by atoms with E-state index in [2.05, 4.69) is 57.2 Å². The summed E-state index contributed by atoms with van der Waals surface area (Å²) < 4.78 is 0. The minimum atomic E-state index is 0.387. The van der Waals surface area contributed by atoms with Crippen molar-refractivity contribution in [3.05, 3.63) is 22.6 Å². The lowest BCUT2D eigenvalue weighted by Crippen LogP contribution is -2.30. The summed E-state index contributed by atoms with van der Waals surface area (Å²) in [5.74, 6) is 1.60. The van der Waals surface area contributed by atoms with Crippen LogP contribution in [0.2, 0.25) is 0 Å². The molecule has 2 aromatic heterocycles. The van der Waals surface area contributed by atoms with Gasteiger partial charge >= 0.3 is 0 Å². The molecule has 0 unspecified atom stereocenters. The lowest BCUT2D eigenvalue weighted by Gasteiger charge is -2.28. The van der Waals surface area contributed by atoms with E-state index in [1.54, 1.807) is 11.3 Å². The average Bonchev–Trinajstić information content (AvgIpc) is 3.15. The van der Waals surface area contributed by atoms with Crippen LogP contribution in [0, 0.1) is 6.92 Å². The lowest BCUT2D eigenvalue weighted by atomic mass is 10.1. The van der Waals surface area contributed by atoms with E-state index in [0.29, 0.717) is 12.1 Å². The molecule has 1 atom stereocenters. The molecule has 0 bridgehead atoms. The fraction of sp³-hybridized carbons (Fsp3) is 0.625. The van der Waals surface area contributed by atoms with E-state index < -0.39 is 0 Å². The second-order valence-corrected chi connectivity index (χ2v) is 7.26. The van der Waals surface area contributed by atoms with Crippen LogP contribution in [0.4, 0.5) is 10.9 Å². The highest BCUT2D eigenvalue weighted by molar-refractivity contribution is 7.15. The first-order chi connectivity index (χ1) is 11.1. The van der Waals surface area contributed by atoms with Gasteiger partial charge in [-0.2, -0.15) is 0 Å². The molecule has 1 aliphatic heterocycles. The summed E-state index contributed by atoms with van der Waals surface area (Å²) >= 11 is 1.57. The molecule has 7 heteroatoms. The largest absolute Gasteiger partial charge is 0.315 e. The molecule has 0 amide bonds. The number of aromatic nitrogens is 4. The number of hydrogen-bond acceptors (Lipinski definition) is 7. The molecule has 0 saturated carbocycles. The number of anilines is 2. The molecule has 2 aromatic rings. The molecule has 0 spiro atoms. The molecule has 1 saturated heterocycles. The fourth-order valence-corrected chi connectivity index (χ4v) is 3.79. The third kappa shape index (κ3) is 3.67. The number of likely N-dealkylation sites (tertiary alicyclic amines) is 1. The maximum Gasteiger partial charge on any atom is 0.211 e. The van der Waals surface area contributed by atoms with Crippen molar-refractivity contribution in [3.8, 4) is 0 Å². The molecule has 0 aromatic carbocycles. The summed E-state index contributed by atoms with van der Waals surface area (Å²) in [5.41, 5.74) is 1.10. The van der Waals surface area contributed by atoms with Crippen molar-refractivity contribution in [2.75, 3.05) is 11.9 Å². The van der Waals surface area contributed by atoms with E-state index in [4.69, 9.17) is 0 Å². The Kier molecular flexibility index (Phi) is 4.87. The highest BCUT2D eigenvalue weighted by Crippen LogP contribution is 2.33. The Hall–Kier alpha value is -1.60. The summed E-state index contributed by atoms with van der Waals surface area (Å²) in [6, 6.07) is 2.98. The van der Waals surface area contributed by atoms with Gasteiger partial charge in [-0.1, -0.05) is 18.3 Å². The molecule has 1 fully saturated rings. The zero-order valence-electron chi connectivity index (χ0n) is 14.2. The highest BCUT2D eigenvalue weighted by Gasteiger charge is 2.29. The van der Waals surface area contributed by atoms with Gasteiger partial charge in [-0.25, -0.2) is 9.97 Å². The summed E-state index contributed by atoms with van der Waals surface area (Å²) in [5, 5.41) is 13.4. The zero-order valence-corrected chi connectivity index (χ0v) is 15.0. The Labute approximate surface area is 141 Å². The Morgan fingerprint density at radius 1 is 1.35 bits per heavy atom. The molecule has 1 aliphatic rings. The number of rotatable bonds is 5. The lowest BCUT2D eigenvalue weighted by molar-refractivity contribution is 0.202. The van der Waals surface area contributed by atoms with E-state index >= 15 is 0 Å². The van der Waals surface area contributed by atoms with Crippen LogP contribution in [-0.2, 0) is 6.42 Å². The molecular weight excluding hydrogens is 308 g/mol. The van der Waals surface area contributed by atoms with Crippen molar-refractivity contribution in [2.45, 2.75) is 59.0 Å². The molecule has 3 heterocycles. The first-order valence-corrected chi connectivity index (χ1v) is 9.09. The van der Waals surface area contributed by atoms with Crippen LogP contribution in [0.5, 0.6) is 0 Å². The Bertz CT molecular complexity index is 668. The highest BCUT2D eigenvalue weighted by atomic mass is 32.1. The number of nitrogens with one attached hydrogen (secondary N) is 1. The Balaban J connectivity index is 1.84. The average molecular weight is 332 g/mol. The Morgan fingerprint density at radius 2 is 2.17 bits per heavy atom. The van der Waals surface area contributed by atoms with E-state index in [1.807, 2.05) is 6.92 Å². The van der Waals surface area contributed by atoms with Crippen molar-refractivity contribution in [3.63, 3.8) is 0 Å². The van der Waals surface area contributed by atoms with E-state index in [-0.39, 0.29) is 0 Å². The minimum Gasteiger partial charge on any atom is -0.315 e. The van der Waals surface area contributed by atoms with Crippen molar-refractivity contribution >= 4 is 22.3 Å². The van der Waals surface area contributed by atoms with Crippen molar-refractivity contribution in [1.29, 1.82) is 0 Å². The second kappa shape index (κ2) is 6.88. The maximum atomic E-state index is 4.69. The maximum absolute atomic E-state index is 4.69. The third-order valence-corrected chi connectivity index (χ3v) is 5.14. The number of hydrogen-bond donors (Lipinski definition) is 1. The van der Waals surface area contributed by atoms with Crippen LogP contribution < -0.4 is 5.32 Å². The standard InChI is InChI=1S/C16H24N6S/c1-5-15-20-21-16(23-15)19-14-9-12(17-11(4)18-14)13-7-6-8-22(13)10(2)3/h9-10,13H,5-8H2,1-4H3,(H,17,18,19,21)/t13-/m0/s1. The van der Waals surface area contributed by atoms with Crippen LogP contribution >= 0.6 is 11.3 Å². The van der Waals surface area contributed by atoms with E-state index in [0.717, 1.165) is 46.9 Å². The smallest absolute Gasteiger partial charge is 0.211 e. The van der Waals surface area contributed by atoms with Gasteiger partial charge in [0.25, 0.3) is 0 Å². The zero-order chi connectivity index (χ0) is 16.4. The topological polar surface area (TPSA) is 66.8 Å². The van der Waals surface area contributed by atoms with Gasteiger partial charge in [-0.15, -0.1) is 10.2 Å². The molecule has 6 nitrogen and oxygen atoms in total. The van der Waals surface area contributed by atoms with Gasteiger partial charge in [0.05, 0.1) is 11.7 Å². The molecule has 0 aliphatic carbocycles. The third-order valence-electron chi connectivity index (χ3n) is 4.16. The SMILES string of the molecule is CCc1nnc(Nc2cc([C@@H]3CCCN3C(C)C)nc(C)n2)s1. The summed E-state index contributed by atoms with van der Waals surface area (Å²) in [7, 11) is 0. The summed E-state index contributed by atoms with van der Waals surface area (Å²) in [6.07, 6.45) is 3.29. The van der Waals surface area contributed by atoms with Crippen LogP contribution in [0.3, 0.4) is 0 Å². The molecule has 0 radical (unpaired) electrons. The van der Waals surface area contributed by atoms with Crippen LogP contribution in [-0.4, -0.2) is 37.7 Å². The predicted molar refractivity (Wildman–Crippen MR) is 93.2 cm³/mol. The van der Waals surface area contributed by atoms with Crippen LogP contribution in [0.1, 0.15) is 56.2 Å². The number of aryl methyl sites for hydroxylation is 2. The van der Waals surface area contributed by atoms with Crippen molar-refractivity contribution < 1.29 is 0 Å². The fourth-order valence-electron chi connectivity index (χ4n) is 3.11. The van der Waals surface area contributed by atoms with Crippen LogP contribution in [0.15, 0.2) is 6.07 Å². The van der Waals surface area contributed by atoms with Crippen LogP contribution in [0.25, 0.3) is 0 Å². The summed E-state index contributed by atoms with van der Waals surface area (Å²) in [4.78, 5) is 11.7. The second-order valence-electron chi connectivity index (χ2n) is 6.19. The van der Waals surface area contributed by atoms with E-state index in [1.165, 1.54) is 6.42 Å². The Morgan fingerprint density at radius 3 is 2.87 bits per heavy atom. The quantitative estimate of drug-likeness (QED) is 0.904. The van der Waals surface area contributed by atoms with Gasteiger partial charge in [0.1, 0.15) is 16.6 Å². The van der Waals surface area contributed by atoms with Gasteiger partial charge in [0.2, 0.25) is 5.13 Å². The van der Waals surface area contributed by atoms with Gasteiger partial charge in [-0.05, 0) is 46.6 Å². The van der Waals surface area contributed by atoms with Crippen molar-refractivity contribution in [2.24, 2.45) is 0 Å². The molecule has 3 rings (SSSR count). The number of nitrogens with zero attached hydrogens (tertiary/aromatic N) is 5. The van der Waals surface area contributed by atoms with Gasteiger partial charge in [-0.3, -0.25) is 4.90 Å². The normalized spacial score (nSPS) is 18.7. The van der Waals surface area contributed by atoms with Gasteiger partial charge < -0.3 is 5.32 Å². The van der Waals surface area contributed by atoms with Gasteiger partial charge in [0.15, 0.2) is 0 Å². The monoisotopic (exact) mass is 332 g/mol. The van der Waals surface area contributed by atoms with Gasteiger partial charge in [0, 0.05) is 12.1 Å². The minimum absolute atomic E-state index is 0.387. The van der Waals surface area contributed by atoms with E-state index in [9.17, 15) is 0 Å². The summed E-state index contributed by atoms with van der Waals surface area (Å²) in [6.45, 7) is 9.67. The predicted octanol–water partition coefficient (Wildman–Crippen LogP) is 3.49. The molecule has 1 N–H and O–H groups in total.